The van der Waals surface area contributed by atoms with E-state index in [-0.39, 0.29) is 12.3 Å². The third-order valence-corrected chi connectivity index (χ3v) is 5.71. The Balaban J connectivity index is 1.51. The number of rotatable bonds is 11. The van der Waals surface area contributed by atoms with Gasteiger partial charge in [-0.2, -0.15) is 0 Å². The summed E-state index contributed by atoms with van der Waals surface area (Å²) in [4.78, 5) is 20.5. The molecule has 0 spiro atoms. The Morgan fingerprint density at radius 1 is 1.06 bits per heavy atom. The molecule has 0 saturated heterocycles. The van der Waals surface area contributed by atoms with Crippen molar-refractivity contribution in [2.24, 2.45) is 0 Å². The Kier molecular flexibility index (Phi) is 7.71. The second-order valence-corrected chi connectivity index (χ2v) is 8.04. The summed E-state index contributed by atoms with van der Waals surface area (Å²) in [6.07, 6.45) is 6.33. The van der Waals surface area contributed by atoms with Crippen LogP contribution in [0.5, 0.6) is 11.5 Å². The van der Waals surface area contributed by atoms with Gasteiger partial charge in [-0.15, -0.1) is 0 Å². The minimum Gasteiger partial charge on any atom is -0.493 e. The molecule has 0 radical (unpaired) electrons. The van der Waals surface area contributed by atoms with Crippen molar-refractivity contribution >= 4 is 6.29 Å². The van der Waals surface area contributed by atoms with Crippen molar-refractivity contribution in [2.75, 3.05) is 13.7 Å². The van der Waals surface area contributed by atoms with Crippen LogP contribution >= 0.6 is 0 Å². The van der Waals surface area contributed by atoms with Crippen molar-refractivity contribution in [1.29, 1.82) is 0 Å². The molecule has 0 N–H and O–H groups in total. The number of aldehydes is 1. The molecule has 1 unspecified atom stereocenters. The van der Waals surface area contributed by atoms with E-state index in [2.05, 4.69) is 22.1 Å². The van der Waals surface area contributed by atoms with Gasteiger partial charge in [0, 0.05) is 18.2 Å². The minimum atomic E-state index is -0.261. The highest BCUT2D eigenvalue weighted by Gasteiger charge is 2.22. The highest BCUT2D eigenvalue weighted by Crippen LogP contribution is 2.34. The Morgan fingerprint density at radius 2 is 1.91 bits per heavy atom. The van der Waals surface area contributed by atoms with Crippen LogP contribution in [0, 0.1) is 6.92 Å². The van der Waals surface area contributed by atoms with Gasteiger partial charge in [-0.3, -0.25) is 4.98 Å². The summed E-state index contributed by atoms with van der Waals surface area (Å²) >= 11 is 0. The number of carbonyl (C=O) groups is 1. The molecule has 174 valence electrons. The lowest BCUT2D eigenvalue weighted by Crippen LogP contribution is -2.07. The van der Waals surface area contributed by atoms with E-state index in [4.69, 9.17) is 13.9 Å². The predicted octanol–water partition coefficient (Wildman–Crippen LogP) is 5.79. The average Bonchev–Trinajstić information content (AvgIpc) is 3.36. The molecule has 0 aliphatic carbocycles. The number of hydrogen-bond acceptors (Lipinski definition) is 6. The van der Waals surface area contributed by atoms with E-state index in [9.17, 15) is 4.79 Å². The van der Waals surface area contributed by atoms with Crippen LogP contribution in [0.4, 0.5) is 0 Å². The van der Waals surface area contributed by atoms with Crippen molar-refractivity contribution in [3.8, 4) is 23.0 Å². The first-order chi connectivity index (χ1) is 16.7. The lowest BCUT2D eigenvalue weighted by molar-refractivity contribution is -0.108. The minimum absolute atomic E-state index is 0.261. The fourth-order valence-corrected chi connectivity index (χ4v) is 3.94. The molecule has 0 aliphatic heterocycles. The Morgan fingerprint density at radius 3 is 2.68 bits per heavy atom. The van der Waals surface area contributed by atoms with Crippen molar-refractivity contribution in [1.82, 2.24) is 9.97 Å². The number of carbonyl (C=O) groups excluding carboxylic acids is 1. The average molecular weight is 457 g/mol. The predicted molar refractivity (Wildman–Crippen MR) is 130 cm³/mol. The topological polar surface area (TPSA) is 74.5 Å². The van der Waals surface area contributed by atoms with Crippen LogP contribution in [0.1, 0.15) is 41.3 Å². The molecule has 2 heterocycles. The molecule has 0 fully saturated rings. The first kappa shape index (κ1) is 23.2. The summed E-state index contributed by atoms with van der Waals surface area (Å²) in [6, 6.07) is 19.8. The fourth-order valence-electron chi connectivity index (χ4n) is 3.94. The largest absolute Gasteiger partial charge is 0.493 e. The molecule has 34 heavy (non-hydrogen) atoms. The van der Waals surface area contributed by atoms with Gasteiger partial charge in [0.15, 0.2) is 11.5 Å². The van der Waals surface area contributed by atoms with E-state index in [1.165, 1.54) is 5.56 Å². The SMILES string of the molecule is COc1ccc(-c2nc(C(CC=O)c3ncccc3C)co2)cc1OCCCc1ccccc1. The van der Waals surface area contributed by atoms with E-state index in [0.717, 1.165) is 35.9 Å². The van der Waals surface area contributed by atoms with Gasteiger partial charge in [-0.1, -0.05) is 36.4 Å². The van der Waals surface area contributed by atoms with Gasteiger partial charge >= 0.3 is 0 Å². The fraction of sp³-hybridized carbons (Fsp3) is 0.250. The van der Waals surface area contributed by atoms with Crippen molar-refractivity contribution in [3.05, 3.63) is 95.6 Å². The standard InChI is InChI=1S/C28H28N2O4/c1-20-8-6-15-29-27(20)23(14-16-31)24-19-34-28(30-24)22-12-13-25(32-2)26(18-22)33-17-7-11-21-9-4-3-5-10-21/h3-6,8-10,12-13,15-16,18-19,23H,7,11,14,17H2,1-2H3. The van der Waals surface area contributed by atoms with Crippen LogP contribution in [0.25, 0.3) is 11.5 Å². The molecule has 4 rings (SSSR count). The number of methoxy groups -OCH3 is 1. The lowest BCUT2D eigenvalue weighted by atomic mass is 9.95. The van der Waals surface area contributed by atoms with Crippen LogP contribution in [-0.2, 0) is 11.2 Å². The maximum atomic E-state index is 11.4. The molecule has 0 aliphatic rings. The van der Waals surface area contributed by atoms with Crippen molar-refractivity contribution in [3.63, 3.8) is 0 Å². The first-order valence-corrected chi connectivity index (χ1v) is 11.3. The molecular formula is C28H28N2O4. The highest BCUT2D eigenvalue weighted by molar-refractivity contribution is 5.60. The van der Waals surface area contributed by atoms with Crippen LogP contribution in [0.15, 0.2) is 77.5 Å². The number of oxazole rings is 1. The van der Waals surface area contributed by atoms with Gasteiger partial charge in [-0.25, -0.2) is 4.98 Å². The Hall–Kier alpha value is -3.93. The van der Waals surface area contributed by atoms with Gasteiger partial charge in [0.25, 0.3) is 0 Å². The Bertz CT molecular complexity index is 1220. The van der Waals surface area contributed by atoms with E-state index >= 15 is 0 Å². The lowest BCUT2D eigenvalue weighted by Gasteiger charge is -2.13. The number of nitrogens with zero attached hydrogens (tertiary/aromatic N) is 2. The van der Waals surface area contributed by atoms with Crippen LogP contribution in [0.3, 0.4) is 0 Å². The summed E-state index contributed by atoms with van der Waals surface area (Å²) in [5.41, 5.74) is 4.56. The zero-order valence-electron chi connectivity index (χ0n) is 19.4. The molecular weight excluding hydrogens is 428 g/mol. The van der Waals surface area contributed by atoms with Crippen molar-refractivity contribution in [2.45, 2.75) is 32.1 Å². The molecule has 1 atom stereocenters. The zero-order chi connectivity index (χ0) is 23.8. The first-order valence-electron chi connectivity index (χ1n) is 11.3. The van der Waals surface area contributed by atoms with E-state index < -0.39 is 0 Å². The zero-order valence-corrected chi connectivity index (χ0v) is 19.4. The van der Waals surface area contributed by atoms with Gasteiger partial charge in [0.1, 0.15) is 12.5 Å². The number of aryl methyl sites for hydroxylation is 2. The van der Waals surface area contributed by atoms with Gasteiger partial charge < -0.3 is 18.7 Å². The molecule has 4 aromatic rings. The molecule has 2 aromatic carbocycles. The van der Waals surface area contributed by atoms with Gasteiger partial charge in [-0.05, 0) is 55.2 Å². The maximum absolute atomic E-state index is 11.4. The summed E-state index contributed by atoms with van der Waals surface area (Å²) < 4.78 is 17.3. The number of aromatic nitrogens is 2. The summed E-state index contributed by atoms with van der Waals surface area (Å²) in [6.45, 7) is 2.54. The van der Waals surface area contributed by atoms with E-state index in [1.807, 2.05) is 55.5 Å². The molecule has 6 heteroatoms. The van der Waals surface area contributed by atoms with Crippen LogP contribution in [-0.4, -0.2) is 30.0 Å². The van der Waals surface area contributed by atoms with Crippen LogP contribution in [0.2, 0.25) is 0 Å². The van der Waals surface area contributed by atoms with Gasteiger partial charge in [0.05, 0.1) is 31.0 Å². The summed E-state index contributed by atoms with van der Waals surface area (Å²) in [5.74, 6) is 1.48. The van der Waals surface area contributed by atoms with Crippen molar-refractivity contribution < 1.29 is 18.7 Å². The number of ether oxygens (including phenoxy) is 2. The monoisotopic (exact) mass is 456 g/mol. The smallest absolute Gasteiger partial charge is 0.226 e. The number of benzene rings is 2. The van der Waals surface area contributed by atoms with E-state index in [0.29, 0.717) is 29.7 Å². The third-order valence-electron chi connectivity index (χ3n) is 5.71. The number of pyridine rings is 1. The molecule has 6 nitrogen and oxygen atoms in total. The normalized spacial score (nSPS) is 11.7. The summed E-state index contributed by atoms with van der Waals surface area (Å²) in [5, 5.41) is 0. The third kappa shape index (κ3) is 5.52. The van der Waals surface area contributed by atoms with Crippen LogP contribution < -0.4 is 9.47 Å². The maximum Gasteiger partial charge on any atom is 0.226 e. The van der Waals surface area contributed by atoms with E-state index in [1.54, 1.807) is 19.6 Å². The second-order valence-electron chi connectivity index (χ2n) is 8.04. The summed E-state index contributed by atoms with van der Waals surface area (Å²) in [7, 11) is 1.62. The molecule has 0 saturated carbocycles. The number of hydrogen-bond donors (Lipinski definition) is 0. The molecule has 0 amide bonds. The second kappa shape index (κ2) is 11.3. The highest BCUT2D eigenvalue weighted by atomic mass is 16.5. The Labute approximate surface area is 199 Å². The quantitative estimate of drug-likeness (QED) is 0.210. The molecule has 0 bridgehead atoms. The molecule has 2 aromatic heterocycles. The van der Waals surface area contributed by atoms with Gasteiger partial charge in [0.2, 0.25) is 5.89 Å².